The van der Waals surface area contributed by atoms with E-state index in [9.17, 15) is 0 Å². The Hall–Kier alpha value is -0.980. The minimum atomic E-state index is 0.755. The summed E-state index contributed by atoms with van der Waals surface area (Å²) in [6.45, 7) is 9.77. The van der Waals surface area contributed by atoms with E-state index in [2.05, 4.69) is 39.8 Å². The quantitative estimate of drug-likeness (QED) is 0.590. The van der Waals surface area contributed by atoms with Crippen molar-refractivity contribution in [3.63, 3.8) is 0 Å². The Morgan fingerprint density at radius 2 is 1.42 bits per heavy atom. The average molecular weight is 329 g/mol. The lowest BCUT2D eigenvalue weighted by atomic mass is 9.68. The lowest BCUT2D eigenvalue weighted by molar-refractivity contribution is 0.165. The average Bonchev–Trinajstić information content (AvgIpc) is 2.60. The molecular weight excluding hydrogens is 292 g/mol. The first kappa shape index (κ1) is 17.8. The number of ether oxygens (including phenoxy) is 1. The Bertz CT molecular complexity index is 531. The van der Waals surface area contributed by atoms with Gasteiger partial charge in [0.05, 0.1) is 6.61 Å². The zero-order valence-electron chi connectivity index (χ0n) is 16.2. The maximum Gasteiger partial charge on any atom is 0.122 e. The zero-order chi connectivity index (χ0) is 17.1. The molecule has 2 saturated carbocycles. The molecule has 0 N–H and O–H groups in total. The van der Waals surface area contributed by atoms with E-state index in [1.807, 2.05) is 0 Å². The summed E-state index contributed by atoms with van der Waals surface area (Å²) in [6.07, 6.45) is 11.6. The molecule has 0 aromatic heterocycles. The van der Waals surface area contributed by atoms with Gasteiger partial charge in [0.25, 0.3) is 0 Å². The Morgan fingerprint density at radius 1 is 0.833 bits per heavy atom. The monoisotopic (exact) mass is 328 g/mol. The van der Waals surface area contributed by atoms with Crippen LogP contribution in [0.25, 0.3) is 0 Å². The minimum absolute atomic E-state index is 0.755. The molecule has 1 nitrogen and oxygen atoms in total. The summed E-state index contributed by atoms with van der Waals surface area (Å²) in [4.78, 5) is 0. The molecule has 2 fully saturated rings. The van der Waals surface area contributed by atoms with E-state index in [4.69, 9.17) is 4.74 Å². The first-order chi connectivity index (χ1) is 11.6. The summed E-state index contributed by atoms with van der Waals surface area (Å²) in [6, 6.07) is 4.55. The van der Waals surface area contributed by atoms with E-state index in [1.165, 1.54) is 62.5 Å². The molecule has 0 radical (unpaired) electrons. The molecule has 1 aromatic rings. The lowest BCUT2D eigenvalue weighted by Gasteiger charge is -2.37. The molecule has 1 heteroatoms. The van der Waals surface area contributed by atoms with Gasteiger partial charge in [-0.2, -0.15) is 0 Å². The first-order valence-corrected chi connectivity index (χ1v) is 10.3. The molecule has 0 heterocycles. The van der Waals surface area contributed by atoms with E-state index >= 15 is 0 Å². The van der Waals surface area contributed by atoms with Gasteiger partial charge in [0, 0.05) is 0 Å². The SMILES string of the molecule is CCOc1ccc(C2CCC(C3CCC(C)CC3)CC2)c(C)c1C. The summed E-state index contributed by atoms with van der Waals surface area (Å²) in [5.74, 6) is 4.87. The highest BCUT2D eigenvalue weighted by Crippen LogP contribution is 2.45. The van der Waals surface area contributed by atoms with Crippen molar-refractivity contribution in [2.75, 3.05) is 6.61 Å². The van der Waals surface area contributed by atoms with Crippen LogP contribution < -0.4 is 4.74 Å². The normalized spacial score (nSPS) is 31.0. The fourth-order valence-corrected chi connectivity index (χ4v) is 5.23. The summed E-state index contributed by atoms with van der Waals surface area (Å²) >= 11 is 0. The topological polar surface area (TPSA) is 9.23 Å². The van der Waals surface area contributed by atoms with Gasteiger partial charge >= 0.3 is 0 Å². The van der Waals surface area contributed by atoms with Crippen molar-refractivity contribution in [2.45, 2.75) is 85.0 Å². The van der Waals surface area contributed by atoms with Crippen molar-refractivity contribution in [1.29, 1.82) is 0 Å². The van der Waals surface area contributed by atoms with Gasteiger partial charge < -0.3 is 4.74 Å². The maximum atomic E-state index is 5.76. The molecule has 0 unspecified atom stereocenters. The van der Waals surface area contributed by atoms with Crippen molar-refractivity contribution < 1.29 is 4.74 Å². The van der Waals surface area contributed by atoms with Crippen molar-refractivity contribution >= 4 is 0 Å². The molecule has 24 heavy (non-hydrogen) atoms. The standard InChI is InChI=1S/C23H36O/c1-5-24-23-15-14-22(17(3)18(23)4)21-12-10-20(11-13-21)19-8-6-16(2)7-9-19/h14-16,19-21H,5-13H2,1-4H3. The van der Waals surface area contributed by atoms with Gasteiger partial charge in [-0.15, -0.1) is 0 Å². The number of rotatable bonds is 4. The van der Waals surface area contributed by atoms with Crippen LogP contribution in [-0.4, -0.2) is 6.61 Å². The third-order valence-electron chi connectivity index (χ3n) is 7.02. The van der Waals surface area contributed by atoms with Crippen molar-refractivity contribution in [3.8, 4) is 5.75 Å². The number of hydrogen-bond acceptors (Lipinski definition) is 1. The first-order valence-electron chi connectivity index (χ1n) is 10.3. The third-order valence-corrected chi connectivity index (χ3v) is 7.02. The summed E-state index contributed by atoms with van der Waals surface area (Å²) < 4.78 is 5.76. The maximum absolute atomic E-state index is 5.76. The lowest BCUT2D eigenvalue weighted by Crippen LogP contribution is -2.25. The van der Waals surface area contributed by atoms with Gasteiger partial charge in [-0.3, -0.25) is 0 Å². The molecule has 0 atom stereocenters. The molecule has 0 aliphatic heterocycles. The smallest absolute Gasteiger partial charge is 0.122 e. The highest BCUT2D eigenvalue weighted by atomic mass is 16.5. The Labute approximate surface area is 149 Å². The van der Waals surface area contributed by atoms with Gasteiger partial charge in [0.1, 0.15) is 5.75 Å². The Balaban J connectivity index is 1.61. The molecule has 0 amide bonds. The van der Waals surface area contributed by atoms with E-state index < -0.39 is 0 Å². The third kappa shape index (κ3) is 3.81. The molecule has 2 aliphatic carbocycles. The van der Waals surface area contributed by atoms with Crippen LogP contribution in [0.4, 0.5) is 0 Å². The molecule has 0 spiro atoms. The van der Waals surface area contributed by atoms with Crippen LogP contribution in [0.2, 0.25) is 0 Å². The van der Waals surface area contributed by atoms with Crippen LogP contribution in [-0.2, 0) is 0 Å². The van der Waals surface area contributed by atoms with Crippen LogP contribution in [0.1, 0.15) is 87.8 Å². The van der Waals surface area contributed by atoms with Crippen molar-refractivity contribution in [1.82, 2.24) is 0 Å². The van der Waals surface area contributed by atoms with Gasteiger partial charge in [0.15, 0.2) is 0 Å². The summed E-state index contributed by atoms with van der Waals surface area (Å²) in [5, 5.41) is 0. The van der Waals surface area contributed by atoms with E-state index in [0.29, 0.717) is 0 Å². The second-order valence-corrected chi connectivity index (χ2v) is 8.47. The van der Waals surface area contributed by atoms with Crippen molar-refractivity contribution in [2.24, 2.45) is 17.8 Å². The molecule has 3 rings (SSSR count). The molecule has 1 aromatic carbocycles. The largest absolute Gasteiger partial charge is 0.494 e. The Morgan fingerprint density at radius 3 is 2.00 bits per heavy atom. The predicted molar refractivity (Wildman–Crippen MR) is 103 cm³/mol. The second kappa shape index (κ2) is 7.93. The molecule has 0 bridgehead atoms. The van der Waals surface area contributed by atoms with Crippen LogP contribution in [0.3, 0.4) is 0 Å². The molecular formula is C23H36O. The number of benzene rings is 1. The van der Waals surface area contributed by atoms with Crippen LogP contribution in [0.5, 0.6) is 5.75 Å². The van der Waals surface area contributed by atoms with Crippen LogP contribution in [0, 0.1) is 31.6 Å². The Kier molecular flexibility index (Phi) is 5.89. The second-order valence-electron chi connectivity index (χ2n) is 8.47. The predicted octanol–water partition coefficient (Wildman–Crippen LogP) is 6.80. The highest BCUT2D eigenvalue weighted by molar-refractivity contribution is 5.45. The molecule has 2 aliphatic rings. The fourth-order valence-electron chi connectivity index (χ4n) is 5.23. The van der Waals surface area contributed by atoms with Gasteiger partial charge in [-0.1, -0.05) is 25.8 Å². The highest BCUT2D eigenvalue weighted by Gasteiger charge is 2.31. The van der Waals surface area contributed by atoms with Gasteiger partial charge in [-0.05, 0) is 106 Å². The van der Waals surface area contributed by atoms with E-state index in [1.54, 1.807) is 5.56 Å². The van der Waals surface area contributed by atoms with Crippen molar-refractivity contribution in [3.05, 3.63) is 28.8 Å². The zero-order valence-corrected chi connectivity index (χ0v) is 16.2. The van der Waals surface area contributed by atoms with Gasteiger partial charge in [0.2, 0.25) is 0 Å². The van der Waals surface area contributed by atoms with E-state index in [-0.39, 0.29) is 0 Å². The van der Waals surface area contributed by atoms with E-state index in [0.717, 1.165) is 36.0 Å². The molecule has 134 valence electrons. The summed E-state index contributed by atoms with van der Waals surface area (Å²) in [7, 11) is 0. The minimum Gasteiger partial charge on any atom is -0.494 e. The van der Waals surface area contributed by atoms with Gasteiger partial charge in [-0.25, -0.2) is 0 Å². The number of hydrogen-bond donors (Lipinski definition) is 0. The summed E-state index contributed by atoms with van der Waals surface area (Å²) in [5.41, 5.74) is 4.40. The van der Waals surface area contributed by atoms with Crippen LogP contribution in [0.15, 0.2) is 12.1 Å². The molecule has 0 saturated heterocycles. The fraction of sp³-hybridized carbons (Fsp3) is 0.739. The van der Waals surface area contributed by atoms with Crippen LogP contribution >= 0.6 is 0 Å².